The molecule has 0 bridgehead atoms. The van der Waals surface area contributed by atoms with Crippen LogP contribution in [0.1, 0.15) is 47.0 Å². The highest BCUT2D eigenvalue weighted by Gasteiger charge is 2.38. The molecule has 2 amide bonds. The molecule has 1 atom stereocenters. The number of likely N-dealkylation sites (tertiary alicyclic amines) is 1. The maximum absolute atomic E-state index is 12.6. The van der Waals surface area contributed by atoms with E-state index in [0.29, 0.717) is 0 Å². The summed E-state index contributed by atoms with van der Waals surface area (Å²) < 4.78 is 0. The SMILES string of the molecule is CCC(C)(C)N1CCCC1C(=O)Nc1ccc(NC(C)=O)cc1. The second-order valence-corrected chi connectivity index (χ2v) is 6.77. The van der Waals surface area contributed by atoms with Gasteiger partial charge in [-0.2, -0.15) is 0 Å². The predicted molar refractivity (Wildman–Crippen MR) is 93.5 cm³/mol. The van der Waals surface area contributed by atoms with Crippen molar-refractivity contribution in [1.82, 2.24) is 4.90 Å². The van der Waals surface area contributed by atoms with Crippen molar-refractivity contribution >= 4 is 23.2 Å². The van der Waals surface area contributed by atoms with Crippen molar-refractivity contribution < 1.29 is 9.59 Å². The third kappa shape index (κ3) is 4.32. The highest BCUT2D eigenvalue weighted by atomic mass is 16.2. The quantitative estimate of drug-likeness (QED) is 0.876. The van der Waals surface area contributed by atoms with Gasteiger partial charge in [-0.25, -0.2) is 0 Å². The Kier molecular flexibility index (Phi) is 5.42. The predicted octanol–water partition coefficient (Wildman–Crippen LogP) is 3.24. The average molecular weight is 317 g/mol. The van der Waals surface area contributed by atoms with Crippen molar-refractivity contribution in [2.75, 3.05) is 17.2 Å². The van der Waals surface area contributed by atoms with Crippen molar-refractivity contribution in [2.24, 2.45) is 0 Å². The molecule has 1 unspecified atom stereocenters. The first-order valence-corrected chi connectivity index (χ1v) is 8.29. The standard InChI is InChI=1S/C18H27N3O2/c1-5-18(3,4)21-12-6-7-16(21)17(23)20-15-10-8-14(9-11-15)19-13(2)22/h8-11,16H,5-7,12H2,1-4H3,(H,19,22)(H,20,23). The second-order valence-electron chi connectivity index (χ2n) is 6.77. The van der Waals surface area contributed by atoms with Gasteiger partial charge in [0.25, 0.3) is 0 Å². The summed E-state index contributed by atoms with van der Waals surface area (Å²) in [5.41, 5.74) is 1.52. The first-order valence-electron chi connectivity index (χ1n) is 8.29. The summed E-state index contributed by atoms with van der Waals surface area (Å²) in [6.45, 7) is 9.00. The van der Waals surface area contributed by atoms with Crippen molar-refractivity contribution in [3.05, 3.63) is 24.3 Å². The molecule has 1 aliphatic heterocycles. The molecule has 1 fully saturated rings. The maximum atomic E-state index is 12.6. The molecule has 23 heavy (non-hydrogen) atoms. The summed E-state index contributed by atoms with van der Waals surface area (Å²) in [5, 5.41) is 5.71. The summed E-state index contributed by atoms with van der Waals surface area (Å²) in [4.78, 5) is 26.0. The molecule has 0 aliphatic carbocycles. The Balaban J connectivity index is 2.02. The van der Waals surface area contributed by atoms with Crippen LogP contribution in [0, 0.1) is 0 Å². The van der Waals surface area contributed by atoms with Crippen LogP contribution < -0.4 is 10.6 Å². The van der Waals surface area contributed by atoms with E-state index in [0.717, 1.165) is 37.2 Å². The summed E-state index contributed by atoms with van der Waals surface area (Å²) in [7, 11) is 0. The van der Waals surface area contributed by atoms with Crippen molar-refractivity contribution in [1.29, 1.82) is 0 Å². The van der Waals surface area contributed by atoms with Crippen molar-refractivity contribution in [3.63, 3.8) is 0 Å². The van der Waals surface area contributed by atoms with Gasteiger partial charge in [-0.05, 0) is 63.9 Å². The molecule has 0 spiro atoms. The van der Waals surface area contributed by atoms with Gasteiger partial charge >= 0.3 is 0 Å². The summed E-state index contributed by atoms with van der Waals surface area (Å²) in [6.07, 6.45) is 2.98. The highest BCUT2D eigenvalue weighted by molar-refractivity contribution is 5.95. The average Bonchev–Trinajstić information content (AvgIpc) is 2.99. The third-order valence-corrected chi connectivity index (χ3v) is 4.67. The maximum Gasteiger partial charge on any atom is 0.241 e. The number of anilines is 2. The number of hydrogen-bond donors (Lipinski definition) is 2. The lowest BCUT2D eigenvalue weighted by atomic mass is 9.98. The fourth-order valence-corrected chi connectivity index (χ4v) is 3.03. The Hall–Kier alpha value is -1.88. The van der Waals surface area contributed by atoms with E-state index >= 15 is 0 Å². The van der Waals surface area contributed by atoms with Gasteiger partial charge in [0, 0.05) is 23.8 Å². The lowest BCUT2D eigenvalue weighted by molar-refractivity contribution is -0.122. The highest BCUT2D eigenvalue weighted by Crippen LogP contribution is 2.29. The number of nitrogens with zero attached hydrogens (tertiary/aromatic N) is 1. The molecule has 5 heteroatoms. The molecule has 0 saturated carbocycles. The molecular weight excluding hydrogens is 290 g/mol. The topological polar surface area (TPSA) is 61.4 Å². The van der Waals surface area contributed by atoms with Crippen LogP contribution >= 0.6 is 0 Å². The first kappa shape index (κ1) is 17.5. The smallest absolute Gasteiger partial charge is 0.241 e. The molecule has 2 N–H and O–H groups in total. The van der Waals surface area contributed by atoms with Crippen LogP contribution in [-0.4, -0.2) is 34.8 Å². The van der Waals surface area contributed by atoms with E-state index in [1.165, 1.54) is 6.92 Å². The Morgan fingerprint density at radius 3 is 2.26 bits per heavy atom. The van der Waals surface area contributed by atoms with Crippen LogP contribution in [0.2, 0.25) is 0 Å². The van der Waals surface area contributed by atoms with Gasteiger partial charge in [-0.15, -0.1) is 0 Å². The van der Waals surface area contributed by atoms with E-state index in [2.05, 4.69) is 36.3 Å². The third-order valence-electron chi connectivity index (χ3n) is 4.67. The van der Waals surface area contributed by atoms with Crippen LogP contribution in [0.15, 0.2) is 24.3 Å². The number of carbonyl (C=O) groups excluding carboxylic acids is 2. The zero-order valence-corrected chi connectivity index (χ0v) is 14.5. The zero-order valence-electron chi connectivity index (χ0n) is 14.5. The summed E-state index contributed by atoms with van der Waals surface area (Å²) in [6, 6.07) is 7.14. The molecule has 126 valence electrons. The van der Waals surface area contributed by atoms with E-state index in [1.807, 2.05) is 12.1 Å². The van der Waals surface area contributed by atoms with Crippen LogP contribution in [-0.2, 0) is 9.59 Å². The minimum Gasteiger partial charge on any atom is -0.326 e. The van der Waals surface area contributed by atoms with Crippen LogP contribution in [0.3, 0.4) is 0 Å². The van der Waals surface area contributed by atoms with Crippen LogP contribution in [0.25, 0.3) is 0 Å². The van der Waals surface area contributed by atoms with Crippen molar-refractivity contribution in [3.8, 4) is 0 Å². The van der Waals surface area contributed by atoms with Gasteiger partial charge in [0.05, 0.1) is 6.04 Å². The minimum absolute atomic E-state index is 0.0355. The van der Waals surface area contributed by atoms with Gasteiger partial charge in [-0.3, -0.25) is 14.5 Å². The number of hydrogen-bond acceptors (Lipinski definition) is 3. The minimum atomic E-state index is -0.106. The molecular formula is C18H27N3O2. The molecule has 1 aromatic carbocycles. The van der Waals surface area contributed by atoms with E-state index < -0.39 is 0 Å². The molecule has 1 heterocycles. The molecule has 5 nitrogen and oxygen atoms in total. The van der Waals surface area contributed by atoms with E-state index in [1.54, 1.807) is 12.1 Å². The molecule has 1 saturated heterocycles. The molecule has 1 aromatic rings. The van der Waals surface area contributed by atoms with E-state index in [-0.39, 0.29) is 23.4 Å². The second kappa shape index (κ2) is 7.13. The van der Waals surface area contributed by atoms with E-state index in [9.17, 15) is 9.59 Å². The number of carbonyl (C=O) groups is 2. The summed E-state index contributed by atoms with van der Waals surface area (Å²) >= 11 is 0. The summed E-state index contributed by atoms with van der Waals surface area (Å²) in [5.74, 6) is -0.0542. The Morgan fingerprint density at radius 1 is 1.17 bits per heavy atom. The van der Waals surface area contributed by atoms with Crippen molar-refractivity contribution in [2.45, 2.75) is 58.5 Å². The van der Waals surface area contributed by atoms with Crippen LogP contribution in [0.4, 0.5) is 11.4 Å². The van der Waals surface area contributed by atoms with Gasteiger partial charge in [0.2, 0.25) is 11.8 Å². The fraction of sp³-hybridized carbons (Fsp3) is 0.556. The number of rotatable bonds is 5. The molecule has 1 aliphatic rings. The van der Waals surface area contributed by atoms with Gasteiger partial charge < -0.3 is 10.6 Å². The number of nitrogens with one attached hydrogen (secondary N) is 2. The van der Waals surface area contributed by atoms with Gasteiger partial charge in [0.15, 0.2) is 0 Å². The fourth-order valence-electron chi connectivity index (χ4n) is 3.03. The number of benzene rings is 1. The lowest BCUT2D eigenvalue weighted by Gasteiger charge is -2.38. The normalized spacial score (nSPS) is 18.7. The number of amides is 2. The van der Waals surface area contributed by atoms with Gasteiger partial charge in [-0.1, -0.05) is 6.92 Å². The van der Waals surface area contributed by atoms with Crippen LogP contribution in [0.5, 0.6) is 0 Å². The molecule has 0 aromatic heterocycles. The monoisotopic (exact) mass is 317 g/mol. The Morgan fingerprint density at radius 2 is 1.74 bits per heavy atom. The van der Waals surface area contributed by atoms with E-state index in [4.69, 9.17) is 0 Å². The molecule has 2 rings (SSSR count). The first-order chi connectivity index (χ1) is 10.8. The zero-order chi connectivity index (χ0) is 17.0. The molecule has 0 radical (unpaired) electrons. The lowest BCUT2D eigenvalue weighted by Crippen LogP contribution is -2.50. The van der Waals surface area contributed by atoms with Gasteiger partial charge in [0.1, 0.15) is 0 Å². The Bertz CT molecular complexity index is 566. The largest absolute Gasteiger partial charge is 0.326 e. The Labute approximate surface area is 138 Å².